The Bertz CT molecular complexity index is 415. The van der Waals surface area contributed by atoms with E-state index in [9.17, 15) is 0 Å². The van der Waals surface area contributed by atoms with Crippen LogP contribution >= 0.6 is 31.9 Å². The summed E-state index contributed by atoms with van der Waals surface area (Å²) in [5, 5.41) is 0. The zero-order valence-electron chi connectivity index (χ0n) is 11.4. The van der Waals surface area contributed by atoms with Crippen molar-refractivity contribution in [3.63, 3.8) is 0 Å². The maximum absolute atomic E-state index is 6.00. The van der Waals surface area contributed by atoms with Crippen LogP contribution in [0, 0.1) is 0 Å². The maximum atomic E-state index is 6.00. The molecular formula is C15H22Br2N2. The molecule has 1 saturated carbocycles. The summed E-state index contributed by atoms with van der Waals surface area (Å²) in [6.45, 7) is 4.39. The standard InChI is InChI=1S/C15H22Br2N2/c1-2-19(13-6-4-12(18)5-7-13)10-11-3-8-14(16)15(17)9-11/h3,8-9,12-13H,2,4-7,10,18H2,1H3. The van der Waals surface area contributed by atoms with E-state index in [-0.39, 0.29) is 0 Å². The average Bonchev–Trinajstić information content (AvgIpc) is 2.41. The number of rotatable bonds is 4. The minimum atomic E-state index is 0.428. The predicted octanol–water partition coefficient (Wildman–Crippen LogP) is 4.30. The van der Waals surface area contributed by atoms with E-state index in [4.69, 9.17) is 5.73 Å². The summed E-state index contributed by atoms with van der Waals surface area (Å²) in [7, 11) is 0. The fraction of sp³-hybridized carbons (Fsp3) is 0.600. The number of hydrogen-bond donors (Lipinski definition) is 1. The summed E-state index contributed by atoms with van der Waals surface area (Å²) in [4.78, 5) is 2.58. The van der Waals surface area contributed by atoms with Crippen molar-refractivity contribution in [1.82, 2.24) is 4.90 Å². The van der Waals surface area contributed by atoms with Crippen molar-refractivity contribution in [3.8, 4) is 0 Å². The zero-order valence-corrected chi connectivity index (χ0v) is 14.6. The Morgan fingerprint density at radius 1 is 1.16 bits per heavy atom. The molecule has 2 N–H and O–H groups in total. The monoisotopic (exact) mass is 388 g/mol. The SMILES string of the molecule is CCN(Cc1ccc(Br)c(Br)c1)C1CCC(N)CC1. The third-order valence-electron chi connectivity index (χ3n) is 4.03. The van der Waals surface area contributed by atoms with Gasteiger partial charge in [0.25, 0.3) is 0 Å². The Morgan fingerprint density at radius 2 is 1.84 bits per heavy atom. The first-order valence-corrected chi connectivity index (χ1v) is 8.62. The van der Waals surface area contributed by atoms with Crippen molar-refractivity contribution in [2.24, 2.45) is 5.73 Å². The molecule has 0 aliphatic heterocycles. The Balaban J connectivity index is 2.00. The summed E-state index contributed by atoms with van der Waals surface area (Å²) in [6, 6.07) is 7.65. The van der Waals surface area contributed by atoms with E-state index < -0.39 is 0 Å². The normalized spacial score (nSPS) is 23.8. The van der Waals surface area contributed by atoms with Crippen LogP contribution in [0.25, 0.3) is 0 Å². The second-order valence-corrected chi connectivity index (χ2v) is 7.09. The van der Waals surface area contributed by atoms with Crippen molar-refractivity contribution in [2.45, 2.75) is 51.2 Å². The summed E-state index contributed by atoms with van der Waals surface area (Å²) in [5.74, 6) is 0. The number of benzene rings is 1. The zero-order chi connectivity index (χ0) is 13.8. The molecule has 0 bridgehead atoms. The molecular weight excluding hydrogens is 368 g/mol. The first-order chi connectivity index (χ1) is 9.10. The summed E-state index contributed by atoms with van der Waals surface area (Å²) in [6.07, 6.45) is 4.83. The molecule has 106 valence electrons. The van der Waals surface area contributed by atoms with E-state index in [2.05, 4.69) is 61.9 Å². The smallest absolute Gasteiger partial charge is 0.0320 e. The Morgan fingerprint density at radius 3 is 2.42 bits per heavy atom. The Labute approximate surface area is 133 Å². The lowest BCUT2D eigenvalue weighted by molar-refractivity contribution is 0.149. The van der Waals surface area contributed by atoms with Crippen LogP contribution in [-0.2, 0) is 6.54 Å². The molecule has 0 radical (unpaired) electrons. The van der Waals surface area contributed by atoms with Crippen LogP contribution in [0.4, 0.5) is 0 Å². The van der Waals surface area contributed by atoms with E-state index in [0.717, 1.165) is 22.0 Å². The highest BCUT2D eigenvalue weighted by Gasteiger charge is 2.23. The molecule has 1 fully saturated rings. The molecule has 1 aromatic carbocycles. The topological polar surface area (TPSA) is 29.3 Å². The minimum Gasteiger partial charge on any atom is -0.328 e. The quantitative estimate of drug-likeness (QED) is 0.831. The molecule has 0 amide bonds. The third kappa shape index (κ3) is 4.28. The molecule has 0 unspecified atom stereocenters. The van der Waals surface area contributed by atoms with Crippen LogP contribution < -0.4 is 5.73 Å². The molecule has 0 aromatic heterocycles. The van der Waals surface area contributed by atoms with Crippen molar-refractivity contribution in [2.75, 3.05) is 6.54 Å². The first kappa shape index (κ1) is 15.5. The van der Waals surface area contributed by atoms with Gasteiger partial charge in [-0.3, -0.25) is 4.90 Å². The van der Waals surface area contributed by atoms with Gasteiger partial charge in [0.2, 0.25) is 0 Å². The fourth-order valence-electron chi connectivity index (χ4n) is 2.84. The number of halogens is 2. The molecule has 0 atom stereocenters. The van der Waals surface area contributed by atoms with Gasteiger partial charge in [-0.2, -0.15) is 0 Å². The summed E-state index contributed by atoms with van der Waals surface area (Å²) >= 11 is 7.10. The van der Waals surface area contributed by atoms with E-state index in [1.165, 1.54) is 31.2 Å². The van der Waals surface area contributed by atoms with Gasteiger partial charge in [-0.25, -0.2) is 0 Å². The second kappa shape index (κ2) is 7.21. The second-order valence-electron chi connectivity index (χ2n) is 5.38. The van der Waals surface area contributed by atoms with Crippen LogP contribution in [0.1, 0.15) is 38.2 Å². The minimum absolute atomic E-state index is 0.428. The lowest BCUT2D eigenvalue weighted by Gasteiger charge is -2.35. The van der Waals surface area contributed by atoms with Gasteiger partial charge in [-0.15, -0.1) is 0 Å². The van der Waals surface area contributed by atoms with E-state index in [1.54, 1.807) is 0 Å². The lowest BCUT2D eigenvalue weighted by Crippen LogP contribution is -2.40. The molecule has 2 nitrogen and oxygen atoms in total. The molecule has 4 heteroatoms. The molecule has 1 aliphatic rings. The Hall–Kier alpha value is 0.1000. The van der Waals surface area contributed by atoms with Crippen LogP contribution in [0.5, 0.6) is 0 Å². The van der Waals surface area contributed by atoms with Gasteiger partial charge in [-0.05, 0) is 81.8 Å². The van der Waals surface area contributed by atoms with Crippen molar-refractivity contribution in [3.05, 3.63) is 32.7 Å². The molecule has 2 rings (SSSR count). The highest BCUT2D eigenvalue weighted by atomic mass is 79.9. The summed E-state index contributed by atoms with van der Waals surface area (Å²) < 4.78 is 2.25. The number of hydrogen-bond acceptors (Lipinski definition) is 2. The van der Waals surface area contributed by atoms with E-state index in [0.29, 0.717) is 12.1 Å². The molecule has 19 heavy (non-hydrogen) atoms. The highest BCUT2D eigenvalue weighted by Crippen LogP contribution is 2.27. The molecule has 0 saturated heterocycles. The molecule has 0 heterocycles. The van der Waals surface area contributed by atoms with E-state index in [1.807, 2.05) is 0 Å². The van der Waals surface area contributed by atoms with Gasteiger partial charge in [0.15, 0.2) is 0 Å². The number of nitrogens with two attached hydrogens (primary N) is 1. The van der Waals surface area contributed by atoms with Gasteiger partial charge >= 0.3 is 0 Å². The third-order valence-corrected chi connectivity index (χ3v) is 5.91. The fourth-order valence-corrected chi connectivity index (χ4v) is 3.51. The van der Waals surface area contributed by atoms with Crippen LogP contribution in [0.15, 0.2) is 27.1 Å². The molecule has 1 aromatic rings. The van der Waals surface area contributed by atoms with Gasteiger partial charge < -0.3 is 5.73 Å². The average molecular weight is 390 g/mol. The Kier molecular flexibility index (Phi) is 5.87. The van der Waals surface area contributed by atoms with Crippen LogP contribution in [-0.4, -0.2) is 23.5 Å². The van der Waals surface area contributed by atoms with Crippen molar-refractivity contribution >= 4 is 31.9 Å². The first-order valence-electron chi connectivity index (χ1n) is 7.03. The maximum Gasteiger partial charge on any atom is 0.0320 e. The van der Waals surface area contributed by atoms with Crippen LogP contribution in [0.3, 0.4) is 0 Å². The van der Waals surface area contributed by atoms with Crippen molar-refractivity contribution < 1.29 is 0 Å². The van der Waals surface area contributed by atoms with E-state index >= 15 is 0 Å². The van der Waals surface area contributed by atoms with Gasteiger partial charge in [-0.1, -0.05) is 13.0 Å². The highest BCUT2D eigenvalue weighted by molar-refractivity contribution is 9.13. The van der Waals surface area contributed by atoms with Gasteiger partial charge in [0.05, 0.1) is 0 Å². The van der Waals surface area contributed by atoms with Gasteiger partial charge in [0, 0.05) is 27.6 Å². The number of nitrogens with zero attached hydrogens (tertiary/aromatic N) is 1. The lowest BCUT2D eigenvalue weighted by atomic mass is 9.90. The largest absolute Gasteiger partial charge is 0.328 e. The molecule has 0 spiro atoms. The van der Waals surface area contributed by atoms with Crippen molar-refractivity contribution in [1.29, 1.82) is 0 Å². The molecule has 1 aliphatic carbocycles. The van der Waals surface area contributed by atoms with Crippen LogP contribution in [0.2, 0.25) is 0 Å². The summed E-state index contributed by atoms with van der Waals surface area (Å²) in [5.41, 5.74) is 7.37. The van der Waals surface area contributed by atoms with Gasteiger partial charge in [0.1, 0.15) is 0 Å². The predicted molar refractivity (Wildman–Crippen MR) is 88.2 cm³/mol.